The molecule has 0 aliphatic carbocycles. The summed E-state index contributed by atoms with van der Waals surface area (Å²) in [6.07, 6.45) is 3.97. The van der Waals surface area contributed by atoms with Gasteiger partial charge in [-0.3, -0.25) is 9.59 Å². The molecule has 4 nitrogen and oxygen atoms in total. The van der Waals surface area contributed by atoms with E-state index < -0.39 is 0 Å². The maximum atomic E-state index is 10.4. The second kappa shape index (κ2) is 13.9. The van der Waals surface area contributed by atoms with Gasteiger partial charge in [-0.25, -0.2) is 0 Å². The number of esters is 2. The summed E-state index contributed by atoms with van der Waals surface area (Å²) in [6, 6.07) is 0. The van der Waals surface area contributed by atoms with Crippen molar-refractivity contribution in [1.82, 2.24) is 0 Å². The van der Waals surface area contributed by atoms with Gasteiger partial charge in [0.25, 0.3) is 0 Å². The largest absolute Gasteiger partial charge is 0.469 e. The third-order valence-corrected chi connectivity index (χ3v) is 1.72. The van der Waals surface area contributed by atoms with Gasteiger partial charge in [0.05, 0.1) is 13.7 Å². The lowest BCUT2D eigenvalue weighted by Gasteiger charge is -1.96. The molecule has 0 radical (unpaired) electrons. The first-order chi connectivity index (χ1) is 7.62. The van der Waals surface area contributed by atoms with Crippen LogP contribution in [-0.4, -0.2) is 25.7 Å². The van der Waals surface area contributed by atoms with E-state index in [1.807, 2.05) is 20.8 Å². The smallest absolute Gasteiger partial charge is 0.305 e. The second-order valence-corrected chi connectivity index (χ2v) is 3.23. The Morgan fingerprint density at radius 2 is 1.56 bits per heavy atom. The number of rotatable bonds is 6. The van der Waals surface area contributed by atoms with Crippen molar-refractivity contribution in [1.29, 1.82) is 0 Å². The van der Waals surface area contributed by atoms with Crippen LogP contribution in [0.1, 0.15) is 52.9 Å². The highest BCUT2D eigenvalue weighted by Gasteiger charge is 1.95. The molecule has 0 aromatic rings. The molecular weight excluding hydrogens is 208 g/mol. The highest BCUT2D eigenvalue weighted by molar-refractivity contribution is 5.69. The molecular formula is C12H24O4. The van der Waals surface area contributed by atoms with Crippen LogP contribution in [0.3, 0.4) is 0 Å². The fraction of sp³-hybridized carbons (Fsp3) is 0.833. The molecule has 0 saturated heterocycles. The van der Waals surface area contributed by atoms with Gasteiger partial charge in [0.15, 0.2) is 0 Å². The number of hydrogen-bond donors (Lipinski definition) is 0. The van der Waals surface area contributed by atoms with Gasteiger partial charge in [-0.15, -0.1) is 0 Å². The van der Waals surface area contributed by atoms with Crippen molar-refractivity contribution in [3.63, 3.8) is 0 Å². The van der Waals surface area contributed by atoms with Crippen LogP contribution in [0.2, 0.25) is 0 Å². The van der Waals surface area contributed by atoms with E-state index in [4.69, 9.17) is 0 Å². The van der Waals surface area contributed by atoms with Crippen molar-refractivity contribution in [2.24, 2.45) is 0 Å². The molecule has 0 bridgehead atoms. The monoisotopic (exact) mass is 232 g/mol. The summed E-state index contributed by atoms with van der Waals surface area (Å²) >= 11 is 0. The number of ether oxygens (including phenoxy) is 2. The van der Waals surface area contributed by atoms with Crippen molar-refractivity contribution >= 4 is 11.9 Å². The number of carbonyl (C=O) groups is 2. The predicted octanol–water partition coefficient (Wildman–Crippen LogP) is 2.70. The average Bonchev–Trinajstić information content (AvgIpc) is 2.27. The van der Waals surface area contributed by atoms with Crippen LogP contribution in [0.15, 0.2) is 0 Å². The van der Waals surface area contributed by atoms with Gasteiger partial charge in [0, 0.05) is 12.8 Å². The molecule has 0 fully saturated rings. The number of methoxy groups -OCH3 is 1. The molecule has 0 aliphatic rings. The molecule has 0 aromatic carbocycles. The van der Waals surface area contributed by atoms with Gasteiger partial charge in [0.2, 0.25) is 0 Å². The first-order valence-electron chi connectivity index (χ1n) is 5.84. The zero-order valence-corrected chi connectivity index (χ0v) is 10.9. The van der Waals surface area contributed by atoms with Gasteiger partial charge in [-0.05, 0) is 19.8 Å². The van der Waals surface area contributed by atoms with Crippen molar-refractivity contribution in [2.75, 3.05) is 13.7 Å². The Morgan fingerprint density at radius 3 is 1.94 bits per heavy atom. The van der Waals surface area contributed by atoms with E-state index in [1.54, 1.807) is 0 Å². The van der Waals surface area contributed by atoms with Crippen molar-refractivity contribution in [3.05, 3.63) is 0 Å². The summed E-state index contributed by atoms with van der Waals surface area (Å²) in [7, 11) is 1.41. The van der Waals surface area contributed by atoms with Gasteiger partial charge in [-0.1, -0.05) is 20.3 Å². The summed E-state index contributed by atoms with van der Waals surface area (Å²) in [5.74, 6) is -0.193. The van der Waals surface area contributed by atoms with Crippen LogP contribution < -0.4 is 0 Å². The van der Waals surface area contributed by atoms with Gasteiger partial charge in [-0.2, -0.15) is 0 Å². The van der Waals surface area contributed by atoms with Crippen LogP contribution in [0.5, 0.6) is 0 Å². The first kappa shape index (κ1) is 17.3. The highest BCUT2D eigenvalue weighted by atomic mass is 16.5. The van der Waals surface area contributed by atoms with Crippen LogP contribution in [-0.2, 0) is 19.1 Å². The quantitative estimate of drug-likeness (QED) is 0.661. The van der Waals surface area contributed by atoms with Crippen LogP contribution >= 0.6 is 0 Å². The number of unbranched alkanes of at least 4 members (excludes halogenated alkanes) is 1. The number of carbonyl (C=O) groups excluding carboxylic acids is 2. The predicted molar refractivity (Wildman–Crippen MR) is 63.1 cm³/mol. The lowest BCUT2D eigenvalue weighted by atomic mass is 10.3. The average molecular weight is 232 g/mol. The van der Waals surface area contributed by atoms with Crippen molar-refractivity contribution in [2.45, 2.75) is 52.9 Å². The molecule has 0 unspecified atom stereocenters. The highest BCUT2D eigenvalue weighted by Crippen LogP contribution is 1.94. The Morgan fingerprint density at radius 1 is 0.938 bits per heavy atom. The number of hydrogen-bond acceptors (Lipinski definition) is 4. The standard InChI is InChI=1S/2C6H12O2/c1-3-4-5-6(7)8-2;1-3-5-6(7)8-4-2/h2*3-5H2,1-2H3. The minimum absolute atomic E-state index is 0.0880. The minimum atomic E-state index is -0.105. The van der Waals surface area contributed by atoms with Crippen LogP contribution in [0.25, 0.3) is 0 Å². The molecule has 96 valence electrons. The molecule has 0 aliphatic heterocycles. The third kappa shape index (κ3) is 15.4. The zero-order chi connectivity index (χ0) is 12.8. The van der Waals surface area contributed by atoms with E-state index >= 15 is 0 Å². The molecule has 0 heterocycles. The maximum Gasteiger partial charge on any atom is 0.305 e. The minimum Gasteiger partial charge on any atom is -0.469 e. The molecule has 0 rings (SSSR count). The summed E-state index contributed by atoms with van der Waals surface area (Å²) in [5, 5.41) is 0. The lowest BCUT2D eigenvalue weighted by Crippen LogP contribution is -2.01. The normalized spacial score (nSPS) is 8.75. The Kier molecular flexibility index (Phi) is 15.1. The van der Waals surface area contributed by atoms with E-state index in [0.717, 1.165) is 19.3 Å². The molecule has 0 aromatic heterocycles. The van der Waals surface area contributed by atoms with Crippen molar-refractivity contribution in [3.8, 4) is 0 Å². The van der Waals surface area contributed by atoms with Crippen LogP contribution in [0.4, 0.5) is 0 Å². The topological polar surface area (TPSA) is 52.6 Å². The molecule has 0 N–H and O–H groups in total. The Balaban J connectivity index is 0. The fourth-order valence-electron chi connectivity index (χ4n) is 0.860. The third-order valence-electron chi connectivity index (χ3n) is 1.72. The van der Waals surface area contributed by atoms with E-state index in [2.05, 4.69) is 9.47 Å². The molecule has 0 spiro atoms. The molecule has 0 saturated carbocycles. The van der Waals surface area contributed by atoms with Gasteiger partial charge >= 0.3 is 11.9 Å². The molecule has 4 heteroatoms. The molecule has 16 heavy (non-hydrogen) atoms. The first-order valence-corrected chi connectivity index (χ1v) is 5.84. The summed E-state index contributed by atoms with van der Waals surface area (Å²) in [4.78, 5) is 20.8. The summed E-state index contributed by atoms with van der Waals surface area (Å²) in [6.45, 7) is 6.31. The zero-order valence-electron chi connectivity index (χ0n) is 10.9. The lowest BCUT2D eigenvalue weighted by molar-refractivity contribution is -0.143. The van der Waals surface area contributed by atoms with E-state index in [0.29, 0.717) is 19.4 Å². The summed E-state index contributed by atoms with van der Waals surface area (Å²) in [5.41, 5.74) is 0. The Bertz CT molecular complexity index is 170. The van der Waals surface area contributed by atoms with E-state index in [-0.39, 0.29) is 11.9 Å². The second-order valence-electron chi connectivity index (χ2n) is 3.23. The fourth-order valence-corrected chi connectivity index (χ4v) is 0.860. The van der Waals surface area contributed by atoms with E-state index in [9.17, 15) is 9.59 Å². The Labute approximate surface area is 98.3 Å². The van der Waals surface area contributed by atoms with Crippen LogP contribution in [0, 0.1) is 0 Å². The van der Waals surface area contributed by atoms with E-state index in [1.165, 1.54) is 7.11 Å². The van der Waals surface area contributed by atoms with Gasteiger partial charge < -0.3 is 9.47 Å². The van der Waals surface area contributed by atoms with Crippen molar-refractivity contribution < 1.29 is 19.1 Å². The molecule has 0 amide bonds. The molecule has 0 atom stereocenters. The maximum absolute atomic E-state index is 10.4. The summed E-state index contributed by atoms with van der Waals surface area (Å²) < 4.78 is 9.06. The van der Waals surface area contributed by atoms with Gasteiger partial charge in [0.1, 0.15) is 0 Å². The Hall–Kier alpha value is -1.06. The SMILES string of the molecule is CCCC(=O)OCC.CCCCC(=O)OC.